The molecule has 0 radical (unpaired) electrons. The zero-order valence-electron chi connectivity index (χ0n) is 7.93. The molecule has 2 nitrogen and oxygen atoms in total. The van der Waals surface area contributed by atoms with Gasteiger partial charge in [-0.15, -0.1) is 11.3 Å². The lowest BCUT2D eigenvalue weighted by atomic mass is 10.1. The SMILES string of the molecule is CC(C)(N)CNCc1ccc(Cl)s1. The van der Waals surface area contributed by atoms with Gasteiger partial charge in [0.25, 0.3) is 0 Å². The molecule has 0 aliphatic heterocycles. The minimum absolute atomic E-state index is 0.152. The van der Waals surface area contributed by atoms with Crippen LogP contribution in [0.2, 0.25) is 4.34 Å². The molecule has 0 atom stereocenters. The van der Waals surface area contributed by atoms with E-state index in [0.29, 0.717) is 0 Å². The molecule has 0 aromatic carbocycles. The third kappa shape index (κ3) is 4.62. The summed E-state index contributed by atoms with van der Waals surface area (Å²) in [7, 11) is 0. The van der Waals surface area contributed by atoms with E-state index in [0.717, 1.165) is 17.4 Å². The third-order valence-corrected chi connectivity index (χ3v) is 2.74. The van der Waals surface area contributed by atoms with Crippen molar-refractivity contribution in [3.63, 3.8) is 0 Å². The van der Waals surface area contributed by atoms with Crippen molar-refractivity contribution in [2.75, 3.05) is 6.54 Å². The molecule has 13 heavy (non-hydrogen) atoms. The Morgan fingerprint density at radius 1 is 1.54 bits per heavy atom. The lowest BCUT2D eigenvalue weighted by molar-refractivity contribution is 0.468. The van der Waals surface area contributed by atoms with Crippen LogP contribution in [0.25, 0.3) is 0 Å². The van der Waals surface area contributed by atoms with Crippen LogP contribution in [0.1, 0.15) is 18.7 Å². The summed E-state index contributed by atoms with van der Waals surface area (Å²) >= 11 is 7.40. The molecule has 0 saturated heterocycles. The molecule has 1 heterocycles. The van der Waals surface area contributed by atoms with Gasteiger partial charge in [0.1, 0.15) is 0 Å². The van der Waals surface area contributed by atoms with E-state index in [2.05, 4.69) is 5.32 Å². The number of rotatable bonds is 4. The van der Waals surface area contributed by atoms with E-state index in [9.17, 15) is 0 Å². The molecule has 0 spiro atoms. The molecular weight excluding hydrogens is 204 g/mol. The summed E-state index contributed by atoms with van der Waals surface area (Å²) in [6.45, 7) is 5.66. The first kappa shape index (κ1) is 11.0. The van der Waals surface area contributed by atoms with Crippen molar-refractivity contribution in [2.24, 2.45) is 5.73 Å². The van der Waals surface area contributed by atoms with Crippen LogP contribution in [-0.2, 0) is 6.54 Å². The van der Waals surface area contributed by atoms with Gasteiger partial charge in [-0.3, -0.25) is 0 Å². The molecule has 0 bridgehead atoms. The summed E-state index contributed by atoms with van der Waals surface area (Å²) in [5.41, 5.74) is 5.67. The predicted octanol–water partition coefficient (Wildman–Crippen LogP) is 2.23. The van der Waals surface area contributed by atoms with Gasteiger partial charge in [-0.05, 0) is 26.0 Å². The average molecular weight is 219 g/mol. The number of nitrogens with one attached hydrogen (secondary N) is 1. The minimum atomic E-state index is -0.152. The highest BCUT2D eigenvalue weighted by atomic mass is 35.5. The Morgan fingerprint density at radius 2 is 2.23 bits per heavy atom. The van der Waals surface area contributed by atoms with Gasteiger partial charge in [0.15, 0.2) is 0 Å². The molecule has 4 heteroatoms. The molecule has 0 fully saturated rings. The van der Waals surface area contributed by atoms with Gasteiger partial charge in [-0.25, -0.2) is 0 Å². The van der Waals surface area contributed by atoms with Crippen LogP contribution in [0.15, 0.2) is 12.1 Å². The van der Waals surface area contributed by atoms with Gasteiger partial charge < -0.3 is 11.1 Å². The maximum Gasteiger partial charge on any atom is 0.0931 e. The zero-order valence-corrected chi connectivity index (χ0v) is 9.50. The first-order valence-corrected chi connectivity index (χ1v) is 5.41. The highest BCUT2D eigenvalue weighted by Gasteiger charge is 2.09. The number of nitrogens with two attached hydrogens (primary N) is 1. The molecule has 0 saturated carbocycles. The fourth-order valence-electron chi connectivity index (χ4n) is 0.955. The minimum Gasteiger partial charge on any atom is -0.324 e. The van der Waals surface area contributed by atoms with Gasteiger partial charge in [0, 0.05) is 23.5 Å². The normalized spacial score (nSPS) is 12.0. The Labute approximate surface area is 88.1 Å². The van der Waals surface area contributed by atoms with Crippen molar-refractivity contribution in [1.82, 2.24) is 5.32 Å². The number of thiophene rings is 1. The molecule has 1 rings (SSSR count). The quantitative estimate of drug-likeness (QED) is 0.814. The number of hydrogen-bond donors (Lipinski definition) is 2. The molecule has 74 valence electrons. The molecule has 1 aromatic heterocycles. The van der Waals surface area contributed by atoms with E-state index >= 15 is 0 Å². The largest absolute Gasteiger partial charge is 0.324 e. The van der Waals surface area contributed by atoms with Crippen LogP contribution in [0.4, 0.5) is 0 Å². The van der Waals surface area contributed by atoms with Crippen LogP contribution in [0, 0.1) is 0 Å². The predicted molar refractivity (Wildman–Crippen MR) is 59.3 cm³/mol. The van der Waals surface area contributed by atoms with Gasteiger partial charge in [-0.2, -0.15) is 0 Å². The molecule has 0 amide bonds. The molecule has 0 aliphatic rings. The number of hydrogen-bond acceptors (Lipinski definition) is 3. The van der Waals surface area contributed by atoms with E-state index in [1.807, 2.05) is 26.0 Å². The summed E-state index contributed by atoms with van der Waals surface area (Å²) in [5, 5.41) is 3.28. The Morgan fingerprint density at radius 3 is 2.69 bits per heavy atom. The van der Waals surface area contributed by atoms with Crippen LogP contribution >= 0.6 is 22.9 Å². The summed E-state index contributed by atoms with van der Waals surface area (Å²) in [6.07, 6.45) is 0. The van der Waals surface area contributed by atoms with Crippen molar-refractivity contribution in [3.8, 4) is 0 Å². The van der Waals surface area contributed by atoms with E-state index in [1.54, 1.807) is 11.3 Å². The highest BCUT2D eigenvalue weighted by molar-refractivity contribution is 7.16. The van der Waals surface area contributed by atoms with Crippen molar-refractivity contribution < 1.29 is 0 Å². The fraction of sp³-hybridized carbons (Fsp3) is 0.556. The van der Waals surface area contributed by atoms with E-state index in [-0.39, 0.29) is 5.54 Å². The van der Waals surface area contributed by atoms with Gasteiger partial charge in [-0.1, -0.05) is 11.6 Å². The molecule has 0 unspecified atom stereocenters. The molecular formula is C9H15ClN2S. The van der Waals surface area contributed by atoms with Crippen molar-refractivity contribution >= 4 is 22.9 Å². The maximum atomic E-state index is 5.82. The maximum absolute atomic E-state index is 5.82. The Bertz CT molecular complexity index is 265. The lowest BCUT2D eigenvalue weighted by Crippen LogP contribution is -2.42. The summed E-state index contributed by atoms with van der Waals surface area (Å²) < 4.78 is 0.837. The van der Waals surface area contributed by atoms with E-state index < -0.39 is 0 Å². The van der Waals surface area contributed by atoms with Gasteiger partial charge in [0.05, 0.1) is 4.34 Å². The average Bonchev–Trinajstić information content (AvgIpc) is 2.33. The second kappa shape index (κ2) is 4.42. The van der Waals surface area contributed by atoms with Crippen LogP contribution in [0.3, 0.4) is 0 Å². The van der Waals surface area contributed by atoms with Crippen LogP contribution in [0.5, 0.6) is 0 Å². The summed E-state index contributed by atoms with van der Waals surface area (Å²) in [4.78, 5) is 1.24. The smallest absolute Gasteiger partial charge is 0.0931 e. The first-order chi connectivity index (χ1) is 5.97. The number of halogens is 1. The Kier molecular flexibility index (Phi) is 3.74. The van der Waals surface area contributed by atoms with E-state index in [4.69, 9.17) is 17.3 Å². The lowest BCUT2D eigenvalue weighted by Gasteiger charge is -2.18. The highest BCUT2D eigenvalue weighted by Crippen LogP contribution is 2.20. The van der Waals surface area contributed by atoms with Crippen LogP contribution in [-0.4, -0.2) is 12.1 Å². The van der Waals surface area contributed by atoms with Crippen molar-refractivity contribution in [3.05, 3.63) is 21.3 Å². The summed E-state index contributed by atoms with van der Waals surface area (Å²) in [5.74, 6) is 0. The molecule has 3 N–H and O–H groups in total. The van der Waals surface area contributed by atoms with Crippen molar-refractivity contribution in [2.45, 2.75) is 25.9 Å². The second-order valence-electron chi connectivity index (χ2n) is 3.80. The topological polar surface area (TPSA) is 38.0 Å². The summed E-state index contributed by atoms with van der Waals surface area (Å²) in [6, 6.07) is 3.94. The Hall–Kier alpha value is -0.0900. The molecule has 1 aromatic rings. The molecule has 0 aliphatic carbocycles. The standard InChI is InChI=1S/C9H15ClN2S/c1-9(2,11)6-12-5-7-3-4-8(10)13-7/h3-4,12H,5-6,11H2,1-2H3. The third-order valence-electron chi connectivity index (χ3n) is 1.51. The first-order valence-electron chi connectivity index (χ1n) is 4.21. The van der Waals surface area contributed by atoms with Gasteiger partial charge >= 0.3 is 0 Å². The fourth-order valence-corrected chi connectivity index (χ4v) is 2.01. The van der Waals surface area contributed by atoms with Gasteiger partial charge in [0.2, 0.25) is 0 Å². The monoisotopic (exact) mass is 218 g/mol. The van der Waals surface area contributed by atoms with E-state index in [1.165, 1.54) is 4.88 Å². The Balaban J connectivity index is 2.28. The van der Waals surface area contributed by atoms with Crippen LogP contribution < -0.4 is 11.1 Å². The zero-order chi connectivity index (χ0) is 9.90. The van der Waals surface area contributed by atoms with Crippen molar-refractivity contribution in [1.29, 1.82) is 0 Å². The second-order valence-corrected chi connectivity index (χ2v) is 5.60.